The quantitative estimate of drug-likeness (QED) is 0.713. The van der Waals surface area contributed by atoms with Gasteiger partial charge in [-0.25, -0.2) is 4.79 Å². The summed E-state index contributed by atoms with van der Waals surface area (Å²) >= 11 is 0. The molecule has 2 N–H and O–H groups in total. The van der Waals surface area contributed by atoms with E-state index in [1.165, 1.54) is 4.90 Å². The SMILES string of the molecule is CCC(C)N(CC(=O)O)C(=O)NC(C)CCC(C)C. The molecule has 5 nitrogen and oxygen atoms in total. The van der Waals surface area contributed by atoms with Crippen LogP contribution in [0.5, 0.6) is 0 Å². The number of carbonyl (C=O) groups is 2. The number of nitrogens with one attached hydrogen (secondary N) is 1. The maximum atomic E-state index is 12.1. The van der Waals surface area contributed by atoms with E-state index in [0.717, 1.165) is 19.3 Å². The summed E-state index contributed by atoms with van der Waals surface area (Å²) in [7, 11) is 0. The molecule has 2 atom stereocenters. The van der Waals surface area contributed by atoms with Crippen LogP contribution in [0.3, 0.4) is 0 Å². The van der Waals surface area contributed by atoms with Crippen molar-refractivity contribution in [2.45, 2.75) is 66.0 Å². The van der Waals surface area contributed by atoms with E-state index in [1.54, 1.807) is 0 Å². The fourth-order valence-electron chi connectivity index (χ4n) is 1.74. The highest BCUT2D eigenvalue weighted by Crippen LogP contribution is 2.08. The summed E-state index contributed by atoms with van der Waals surface area (Å²) in [4.78, 5) is 24.3. The normalized spacial score (nSPS) is 14.0. The van der Waals surface area contributed by atoms with E-state index in [1.807, 2.05) is 20.8 Å². The summed E-state index contributed by atoms with van der Waals surface area (Å²) in [5.41, 5.74) is 0. The third-order valence-electron chi connectivity index (χ3n) is 3.24. The molecule has 0 saturated carbocycles. The second-order valence-corrected chi connectivity index (χ2v) is 5.60. The molecule has 0 heterocycles. The molecular weight excluding hydrogens is 244 g/mol. The molecule has 0 saturated heterocycles. The zero-order valence-electron chi connectivity index (χ0n) is 12.8. The van der Waals surface area contributed by atoms with Gasteiger partial charge in [-0.3, -0.25) is 4.79 Å². The van der Waals surface area contributed by atoms with Gasteiger partial charge in [-0.2, -0.15) is 0 Å². The molecule has 0 spiro atoms. The molecule has 19 heavy (non-hydrogen) atoms. The Labute approximate surface area is 116 Å². The van der Waals surface area contributed by atoms with Gasteiger partial charge in [-0.15, -0.1) is 0 Å². The Bertz CT molecular complexity index is 292. The van der Waals surface area contributed by atoms with Gasteiger partial charge in [0.2, 0.25) is 0 Å². The zero-order valence-corrected chi connectivity index (χ0v) is 12.8. The van der Waals surface area contributed by atoms with E-state index < -0.39 is 5.97 Å². The average Bonchev–Trinajstić information content (AvgIpc) is 2.32. The summed E-state index contributed by atoms with van der Waals surface area (Å²) in [5, 5.41) is 11.7. The van der Waals surface area contributed by atoms with Gasteiger partial charge in [-0.05, 0) is 39.0 Å². The molecule has 0 aromatic heterocycles. The number of urea groups is 1. The first-order valence-corrected chi connectivity index (χ1v) is 7.06. The first-order chi connectivity index (χ1) is 8.77. The highest BCUT2D eigenvalue weighted by Gasteiger charge is 2.22. The summed E-state index contributed by atoms with van der Waals surface area (Å²) in [6.45, 7) is 9.79. The second kappa shape index (κ2) is 8.77. The fraction of sp³-hybridized carbons (Fsp3) is 0.857. The Morgan fingerprint density at radius 3 is 2.16 bits per heavy atom. The lowest BCUT2D eigenvalue weighted by molar-refractivity contribution is -0.138. The largest absolute Gasteiger partial charge is 0.480 e. The molecule has 112 valence electrons. The fourth-order valence-corrected chi connectivity index (χ4v) is 1.74. The zero-order chi connectivity index (χ0) is 15.0. The standard InChI is InChI=1S/C14H28N2O3/c1-6-12(5)16(9-13(17)18)14(19)15-11(4)8-7-10(2)3/h10-12H,6-9H2,1-5H3,(H,15,19)(H,17,18). The Morgan fingerprint density at radius 1 is 1.16 bits per heavy atom. The lowest BCUT2D eigenvalue weighted by atomic mass is 10.0. The van der Waals surface area contributed by atoms with Crippen LogP contribution >= 0.6 is 0 Å². The Morgan fingerprint density at radius 2 is 1.74 bits per heavy atom. The van der Waals surface area contributed by atoms with Crippen molar-refractivity contribution in [1.82, 2.24) is 10.2 Å². The Hall–Kier alpha value is -1.26. The molecule has 0 fully saturated rings. The number of amides is 2. The third-order valence-corrected chi connectivity index (χ3v) is 3.24. The first kappa shape index (κ1) is 17.7. The van der Waals surface area contributed by atoms with E-state index in [2.05, 4.69) is 19.2 Å². The molecule has 5 heteroatoms. The molecule has 0 bridgehead atoms. The van der Waals surface area contributed by atoms with Gasteiger partial charge in [0.1, 0.15) is 6.54 Å². The summed E-state index contributed by atoms with van der Waals surface area (Å²) < 4.78 is 0. The first-order valence-electron chi connectivity index (χ1n) is 7.06. The Kier molecular flexibility index (Phi) is 8.19. The van der Waals surface area contributed by atoms with E-state index in [-0.39, 0.29) is 24.7 Å². The van der Waals surface area contributed by atoms with Crippen molar-refractivity contribution in [1.29, 1.82) is 0 Å². The van der Waals surface area contributed by atoms with Crippen LogP contribution < -0.4 is 5.32 Å². The van der Waals surface area contributed by atoms with Crippen molar-refractivity contribution in [2.75, 3.05) is 6.54 Å². The van der Waals surface area contributed by atoms with Crippen molar-refractivity contribution >= 4 is 12.0 Å². The monoisotopic (exact) mass is 272 g/mol. The minimum Gasteiger partial charge on any atom is -0.480 e. The molecule has 0 aliphatic heterocycles. The molecule has 0 rings (SSSR count). The minimum atomic E-state index is -0.981. The van der Waals surface area contributed by atoms with Crippen LogP contribution in [0.4, 0.5) is 4.79 Å². The molecule has 0 aliphatic carbocycles. The predicted octanol–water partition coefficient (Wildman–Crippen LogP) is 2.71. The Balaban J connectivity index is 4.42. The van der Waals surface area contributed by atoms with Crippen LogP contribution in [0.25, 0.3) is 0 Å². The number of aliphatic carboxylic acids is 1. The molecule has 0 aliphatic rings. The maximum absolute atomic E-state index is 12.1. The number of carboxylic acid groups (broad SMARTS) is 1. The van der Waals surface area contributed by atoms with Crippen molar-refractivity contribution in [3.05, 3.63) is 0 Å². The van der Waals surface area contributed by atoms with Crippen LogP contribution in [0.1, 0.15) is 53.9 Å². The van der Waals surface area contributed by atoms with Gasteiger partial charge in [0.05, 0.1) is 0 Å². The molecule has 2 unspecified atom stereocenters. The summed E-state index contributed by atoms with van der Waals surface area (Å²) in [5.74, 6) is -0.380. The van der Waals surface area contributed by atoms with Crippen LogP contribution in [0.15, 0.2) is 0 Å². The number of rotatable bonds is 8. The van der Waals surface area contributed by atoms with Gasteiger partial charge in [0, 0.05) is 12.1 Å². The van der Waals surface area contributed by atoms with Gasteiger partial charge >= 0.3 is 12.0 Å². The number of carbonyl (C=O) groups excluding carboxylic acids is 1. The molecular formula is C14H28N2O3. The highest BCUT2D eigenvalue weighted by molar-refractivity contribution is 5.80. The summed E-state index contributed by atoms with van der Waals surface area (Å²) in [6.07, 6.45) is 2.69. The van der Waals surface area contributed by atoms with Crippen molar-refractivity contribution < 1.29 is 14.7 Å². The molecule has 2 amide bonds. The van der Waals surface area contributed by atoms with Crippen molar-refractivity contribution in [3.8, 4) is 0 Å². The van der Waals surface area contributed by atoms with Crippen LogP contribution in [0, 0.1) is 5.92 Å². The average molecular weight is 272 g/mol. The topological polar surface area (TPSA) is 69.6 Å². The number of hydrogen-bond donors (Lipinski definition) is 2. The summed E-state index contributed by atoms with van der Waals surface area (Å²) in [6, 6.07) is -0.295. The van der Waals surface area contributed by atoms with Crippen LogP contribution in [-0.2, 0) is 4.79 Å². The van der Waals surface area contributed by atoms with E-state index in [4.69, 9.17) is 5.11 Å². The van der Waals surface area contributed by atoms with Gasteiger partial charge in [0.25, 0.3) is 0 Å². The number of carboxylic acids is 1. The highest BCUT2D eigenvalue weighted by atomic mass is 16.4. The number of nitrogens with zero attached hydrogens (tertiary/aromatic N) is 1. The van der Waals surface area contributed by atoms with Crippen molar-refractivity contribution in [3.63, 3.8) is 0 Å². The van der Waals surface area contributed by atoms with Crippen LogP contribution in [-0.4, -0.2) is 40.6 Å². The van der Waals surface area contributed by atoms with Gasteiger partial charge in [-0.1, -0.05) is 20.8 Å². The molecule has 0 aromatic carbocycles. The maximum Gasteiger partial charge on any atom is 0.323 e. The smallest absolute Gasteiger partial charge is 0.323 e. The minimum absolute atomic E-state index is 0.0650. The van der Waals surface area contributed by atoms with E-state index in [0.29, 0.717) is 5.92 Å². The second-order valence-electron chi connectivity index (χ2n) is 5.60. The van der Waals surface area contributed by atoms with E-state index in [9.17, 15) is 9.59 Å². The predicted molar refractivity (Wildman–Crippen MR) is 76.2 cm³/mol. The van der Waals surface area contributed by atoms with Gasteiger partial charge < -0.3 is 15.3 Å². The number of hydrogen-bond acceptors (Lipinski definition) is 2. The lowest BCUT2D eigenvalue weighted by Gasteiger charge is -2.28. The molecule has 0 radical (unpaired) electrons. The van der Waals surface area contributed by atoms with Crippen molar-refractivity contribution in [2.24, 2.45) is 5.92 Å². The van der Waals surface area contributed by atoms with E-state index >= 15 is 0 Å². The third kappa shape index (κ3) is 7.70. The lowest BCUT2D eigenvalue weighted by Crippen LogP contribution is -2.49. The van der Waals surface area contributed by atoms with Gasteiger partial charge in [0.15, 0.2) is 0 Å². The molecule has 0 aromatic rings. The van der Waals surface area contributed by atoms with Crippen LogP contribution in [0.2, 0.25) is 0 Å².